The minimum Gasteiger partial charge on any atom is -0.537 e. The van der Waals surface area contributed by atoms with Crippen molar-refractivity contribution in [3.05, 3.63) is 195 Å². The largest absolute Gasteiger partial charge is 0.569 e. The van der Waals surface area contributed by atoms with Crippen LogP contribution in [-0.4, -0.2) is 12.7 Å². The number of fused-ring (bicyclic) bond motifs is 2. The van der Waals surface area contributed by atoms with Gasteiger partial charge in [0.25, 0.3) is 0 Å². The van der Waals surface area contributed by atoms with E-state index in [1.54, 1.807) is 0 Å². The molecule has 1 N–H and O–H groups in total. The number of benzene rings is 12. The Labute approximate surface area is 368 Å². The second-order valence-electron chi connectivity index (χ2n) is 14.5. The van der Waals surface area contributed by atoms with Crippen molar-refractivity contribution >= 4 is 142 Å². The summed E-state index contributed by atoms with van der Waals surface area (Å²) in [5.74, 6) is 0.674. The lowest BCUT2D eigenvalue weighted by Crippen LogP contribution is -2.00. The molecule has 283 valence electrons. The summed E-state index contributed by atoms with van der Waals surface area (Å²) in [5.41, 5.74) is 2.56. The summed E-state index contributed by atoms with van der Waals surface area (Å²) in [6, 6.07) is 64.5. The zero-order chi connectivity index (χ0) is 39.3. The minimum atomic E-state index is 0. The van der Waals surface area contributed by atoms with E-state index < -0.39 is 0 Å². The standard InChI is InChI=1S/C26H15Br.C16H10BO2.C10H6Br2.CH4/c27-22-11-8-19-14-21(7-6-20(19)15-22)23-12-9-18-5-4-16-2-1-3-17-10-13-24(23)26(18)25(16)17;18-17-19-14-9-7-12-5-4-10-2-1-3-11-6-8-13(14)16(12)15(10)11;11-9-3-1-7-5-10(12)4-2-8(7)6-9;/h1-15H;1-9,18H;1-6H;1H4. The van der Waals surface area contributed by atoms with Gasteiger partial charge in [0.15, 0.2) is 0 Å². The zero-order valence-corrected chi connectivity index (χ0v) is 35.6. The monoisotopic (exact) mass is 951 g/mol. The Morgan fingerprint density at radius 1 is 0.356 bits per heavy atom. The van der Waals surface area contributed by atoms with E-state index in [2.05, 4.69) is 212 Å². The Balaban J connectivity index is 0.000000122. The van der Waals surface area contributed by atoms with E-state index in [1.807, 2.05) is 18.2 Å². The van der Waals surface area contributed by atoms with Crippen molar-refractivity contribution in [2.45, 2.75) is 7.43 Å². The van der Waals surface area contributed by atoms with Gasteiger partial charge in [-0.2, -0.15) is 0 Å². The number of rotatable bonds is 3. The molecule has 2 nitrogen and oxygen atoms in total. The molecule has 0 spiro atoms. The molecule has 1 radical (unpaired) electrons. The smallest absolute Gasteiger partial charge is 0.537 e. The minimum absolute atomic E-state index is 0. The average Bonchev–Trinajstić information content (AvgIpc) is 3.25. The van der Waals surface area contributed by atoms with Gasteiger partial charge in [-0.15, -0.1) is 0 Å². The molecule has 0 unspecified atom stereocenters. The first kappa shape index (κ1) is 39.0. The molecule has 6 heteroatoms. The summed E-state index contributed by atoms with van der Waals surface area (Å²) in [4.78, 5) is 0. The van der Waals surface area contributed by atoms with E-state index in [-0.39, 0.29) is 7.43 Å². The lowest BCUT2D eigenvalue weighted by atomic mass is 9.89. The third-order valence-electron chi connectivity index (χ3n) is 11.1. The van der Waals surface area contributed by atoms with Crippen LogP contribution in [0.2, 0.25) is 0 Å². The maximum atomic E-state index is 8.87. The van der Waals surface area contributed by atoms with Crippen molar-refractivity contribution in [3.63, 3.8) is 0 Å². The molecule has 12 aromatic rings. The quantitative estimate of drug-likeness (QED) is 0.141. The number of halogens is 3. The molecule has 0 saturated carbocycles. The van der Waals surface area contributed by atoms with Crippen molar-refractivity contribution < 1.29 is 9.68 Å². The van der Waals surface area contributed by atoms with E-state index in [1.165, 1.54) is 91.9 Å². The van der Waals surface area contributed by atoms with E-state index in [9.17, 15) is 0 Å². The Morgan fingerprint density at radius 2 is 0.729 bits per heavy atom. The lowest BCUT2D eigenvalue weighted by Gasteiger charge is -2.14. The van der Waals surface area contributed by atoms with Crippen molar-refractivity contribution in [1.29, 1.82) is 0 Å². The van der Waals surface area contributed by atoms with Crippen LogP contribution >= 0.6 is 47.8 Å². The van der Waals surface area contributed by atoms with E-state index in [4.69, 9.17) is 9.68 Å². The molecule has 0 fully saturated rings. The number of hydrogen-bond donors (Lipinski definition) is 1. The fourth-order valence-electron chi connectivity index (χ4n) is 8.43. The van der Waals surface area contributed by atoms with Gasteiger partial charge in [0.1, 0.15) is 5.75 Å². The van der Waals surface area contributed by atoms with Gasteiger partial charge in [-0.25, -0.2) is 0 Å². The Hall–Kier alpha value is -5.50. The van der Waals surface area contributed by atoms with E-state index in [0.29, 0.717) is 5.75 Å². The van der Waals surface area contributed by atoms with Crippen molar-refractivity contribution in [1.82, 2.24) is 0 Å². The molecule has 0 aliphatic heterocycles. The van der Waals surface area contributed by atoms with Gasteiger partial charge in [0.05, 0.1) is 0 Å². The molecular formula is C53H35BBr3O2. The van der Waals surface area contributed by atoms with Crippen LogP contribution in [0.15, 0.2) is 195 Å². The van der Waals surface area contributed by atoms with Gasteiger partial charge in [0.2, 0.25) is 0 Å². The molecule has 12 rings (SSSR count). The maximum absolute atomic E-state index is 8.87. The fourth-order valence-corrected chi connectivity index (χ4v) is 9.56. The Bertz CT molecular complexity index is 3400. The summed E-state index contributed by atoms with van der Waals surface area (Å²) in [6.45, 7) is 0. The van der Waals surface area contributed by atoms with Gasteiger partial charge in [-0.05, 0) is 135 Å². The van der Waals surface area contributed by atoms with Crippen LogP contribution in [0.4, 0.5) is 0 Å². The molecular weight excluding hydrogens is 919 g/mol. The van der Waals surface area contributed by atoms with Gasteiger partial charge in [0, 0.05) is 24.2 Å². The molecule has 0 atom stereocenters. The van der Waals surface area contributed by atoms with Crippen LogP contribution in [0, 0.1) is 0 Å². The van der Waals surface area contributed by atoms with E-state index in [0.717, 1.165) is 26.5 Å². The third-order valence-corrected chi connectivity index (χ3v) is 12.6. The second-order valence-corrected chi connectivity index (χ2v) is 17.2. The fraction of sp³-hybridized carbons (Fsp3) is 0.0189. The van der Waals surface area contributed by atoms with Crippen molar-refractivity contribution in [2.75, 3.05) is 0 Å². The summed E-state index contributed by atoms with van der Waals surface area (Å²) in [6.07, 6.45) is 0. The molecule has 0 aromatic heterocycles. The van der Waals surface area contributed by atoms with Crippen LogP contribution in [0.25, 0.3) is 97.3 Å². The van der Waals surface area contributed by atoms with Crippen LogP contribution < -0.4 is 4.65 Å². The molecule has 12 aromatic carbocycles. The highest BCUT2D eigenvalue weighted by Gasteiger charge is 2.13. The summed E-state index contributed by atoms with van der Waals surface area (Å²) in [7, 11) is 0.728. The van der Waals surface area contributed by atoms with Gasteiger partial charge in [-0.1, -0.05) is 189 Å². The van der Waals surface area contributed by atoms with Crippen LogP contribution in [0.1, 0.15) is 7.43 Å². The van der Waals surface area contributed by atoms with Crippen LogP contribution in [0.3, 0.4) is 0 Å². The van der Waals surface area contributed by atoms with Gasteiger partial charge >= 0.3 is 7.69 Å². The SMILES string of the molecule is Brc1ccc2cc(-c3ccc4ccc5cccc6ccc3c4c56)ccc2c1.Brc1ccc2cc(Br)ccc2c1.C.O[B]Oc1ccc2ccc3cccc4ccc1c2c34. The summed E-state index contributed by atoms with van der Waals surface area (Å²) in [5, 5.41) is 29.0. The first-order valence-electron chi connectivity index (χ1n) is 18.9. The third kappa shape index (κ3) is 7.29. The van der Waals surface area contributed by atoms with Crippen molar-refractivity contribution in [2.24, 2.45) is 0 Å². The summed E-state index contributed by atoms with van der Waals surface area (Å²) < 4.78 is 8.55. The molecule has 0 aliphatic rings. The molecule has 0 aliphatic carbocycles. The highest BCUT2D eigenvalue weighted by Crippen LogP contribution is 2.41. The van der Waals surface area contributed by atoms with E-state index >= 15 is 0 Å². The molecule has 59 heavy (non-hydrogen) atoms. The van der Waals surface area contributed by atoms with Crippen molar-refractivity contribution in [3.8, 4) is 16.9 Å². The van der Waals surface area contributed by atoms with Gasteiger partial charge in [-0.3, -0.25) is 0 Å². The van der Waals surface area contributed by atoms with Crippen LogP contribution in [-0.2, 0) is 0 Å². The molecule has 0 heterocycles. The Morgan fingerprint density at radius 3 is 1.24 bits per heavy atom. The molecule has 0 amide bonds. The predicted molar refractivity (Wildman–Crippen MR) is 266 cm³/mol. The second kappa shape index (κ2) is 16.3. The Kier molecular flexibility index (Phi) is 10.8. The highest BCUT2D eigenvalue weighted by atomic mass is 79.9. The normalized spacial score (nSPS) is 11.3. The first-order chi connectivity index (χ1) is 28.4. The predicted octanol–water partition coefficient (Wildman–Crippen LogP) is 16.7. The molecule has 0 bridgehead atoms. The highest BCUT2D eigenvalue weighted by molar-refractivity contribution is 9.11. The maximum Gasteiger partial charge on any atom is 0.569 e. The average molecular weight is 954 g/mol. The summed E-state index contributed by atoms with van der Waals surface area (Å²) >= 11 is 10.4. The lowest BCUT2D eigenvalue weighted by molar-refractivity contribution is 0.457. The number of hydrogen-bond acceptors (Lipinski definition) is 2. The topological polar surface area (TPSA) is 29.5 Å². The van der Waals surface area contributed by atoms with Crippen LogP contribution in [0.5, 0.6) is 5.75 Å². The van der Waals surface area contributed by atoms with Gasteiger partial charge < -0.3 is 9.68 Å². The first-order valence-corrected chi connectivity index (χ1v) is 21.3. The molecule has 0 saturated heterocycles. The zero-order valence-electron chi connectivity index (χ0n) is 30.9.